The predicted molar refractivity (Wildman–Crippen MR) is 144 cm³/mol. The number of sulfone groups is 1. The van der Waals surface area contributed by atoms with Crippen LogP contribution in [0.5, 0.6) is 5.75 Å². The molecule has 0 spiro atoms. The van der Waals surface area contributed by atoms with Crippen LogP contribution >= 0.6 is 46.6 Å². The monoisotopic (exact) mass is 572 g/mol. The van der Waals surface area contributed by atoms with E-state index in [0.717, 1.165) is 11.3 Å². The first-order valence-corrected chi connectivity index (χ1v) is 14.2. The van der Waals surface area contributed by atoms with Gasteiger partial charge in [-0.2, -0.15) is 11.8 Å². The molecule has 0 unspecified atom stereocenters. The maximum absolute atomic E-state index is 13.3. The zero-order valence-electron chi connectivity index (χ0n) is 18.7. The summed E-state index contributed by atoms with van der Waals surface area (Å²) in [5.41, 5.74) is 1.25. The maximum atomic E-state index is 13.3. The van der Waals surface area contributed by atoms with Crippen LogP contribution in [0.25, 0.3) is 0 Å². The van der Waals surface area contributed by atoms with Crippen molar-refractivity contribution in [3.05, 3.63) is 81.3 Å². The van der Waals surface area contributed by atoms with E-state index in [2.05, 4.69) is 10.6 Å². The lowest BCUT2D eigenvalue weighted by atomic mass is 10.2. The number of amides is 1. The molecule has 0 aliphatic rings. The summed E-state index contributed by atoms with van der Waals surface area (Å²) in [7, 11) is -2.56. The van der Waals surface area contributed by atoms with Gasteiger partial charge in [-0.15, -0.1) is 0 Å². The predicted octanol–water partition coefficient (Wildman–Crippen LogP) is 5.95. The molecule has 0 aliphatic carbocycles. The topological polar surface area (TPSA) is 84.5 Å². The number of anilines is 1. The number of hydrogen-bond donors (Lipinski definition) is 2. The van der Waals surface area contributed by atoms with Gasteiger partial charge in [0.2, 0.25) is 15.7 Å². The van der Waals surface area contributed by atoms with Gasteiger partial charge >= 0.3 is 0 Å². The lowest BCUT2D eigenvalue weighted by molar-refractivity contribution is -0.119. The molecule has 0 radical (unpaired) electrons. The molecule has 0 saturated heterocycles. The van der Waals surface area contributed by atoms with Crippen LogP contribution in [0.3, 0.4) is 0 Å². The molecule has 0 heterocycles. The van der Waals surface area contributed by atoms with Crippen molar-refractivity contribution in [3.8, 4) is 5.75 Å². The zero-order valence-corrected chi connectivity index (χ0v) is 22.6. The molecule has 2 N–H and O–H groups in total. The molecule has 186 valence electrons. The summed E-state index contributed by atoms with van der Waals surface area (Å²) in [5.74, 6) is 1.36. The van der Waals surface area contributed by atoms with Crippen LogP contribution in [-0.4, -0.2) is 40.3 Å². The minimum absolute atomic E-state index is 0.0551. The number of halogens is 3. The van der Waals surface area contributed by atoms with Crippen LogP contribution < -0.4 is 15.4 Å². The molecule has 0 aromatic heterocycles. The highest BCUT2D eigenvalue weighted by Gasteiger charge is 2.27. The second-order valence-corrected chi connectivity index (χ2v) is 11.5. The molecular weight excluding hydrogens is 551 g/mol. The van der Waals surface area contributed by atoms with Gasteiger partial charge in [-0.25, -0.2) is 8.42 Å². The van der Waals surface area contributed by atoms with E-state index >= 15 is 0 Å². The second-order valence-electron chi connectivity index (χ2n) is 7.28. The third kappa shape index (κ3) is 7.21. The first-order chi connectivity index (χ1) is 16.7. The lowest BCUT2D eigenvalue weighted by Gasteiger charge is -2.16. The number of thioether (sulfide) groups is 1. The van der Waals surface area contributed by atoms with Crippen molar-refractivity contribution in [1.82, 2.24) is 5.32 Å². The standard InChI is InChI=1S/C24H23Cl3N2O4S2/c1-33-21-10-9-20(24(23(21)27)35(31,32)17-5-3-2-4-6-17)29-14-22(30)28-11-12-34-15-16-7-8-18(25)19(26)13-16/h2-10,13,29H,11-12,14-15H2,1H3,(H,28,30). The van der Waals surface area contributed by atoms with E-state index in [1.165, 1.54) is 25.3 Å². The summed E-state index contributed by atoms with van der Waals surface area (Å²) in [6.45, 7) is 0.322. The van der Waals surface area contributed by atoms with Gasteiger partial charge in [0, 0.05) is 18.1 Å². The Balaban J connectivity index is 1.59. The van der Waals surface area contributed by atoms with E-state index in [-0.39, 0.29) is 38.7 Å². The van der Waals surface area contributed by atoms with Crippen LogP contribution in [0.15, 0.2) is 70.5 Å². The fourth-order valence-electron chi connectivity index (χ4n) is 3.14. The summed E-state index contributed by atoms with van der Waals surface area (Å²) in [6.07, 6.45) is 0. The Hall–Kier alpha value is -2.10. The third-order valence-electron chi connectivity index (χ3n) is 4.86. The van der Waals surface area contributed by atoms with E-state index in [4.69, 9.17) is 39.5 Å². The Kier molecular flexibility index (Phi) is 10.0. The average Bonchev–Trinajstić information content (AvgIpc) is 2.85. The van der Waals surface area contributed by atoms with Gasteiger partial charge in [-0.1, -0.05) is 59.1 Å². The van der Waals surface area contributed by atoms with Crippen molar-refractivity contribution >= 4 is 68.0 Å². The Morgan fingerprint density at radius 1 is 1.00 bits per heavy atom. The highest BCUT2D eigenvalue weighted by Crippen LogP contribution is 2.39. The van der Waals surface area contributed by atoms with Crippen molar-refractivity contribution < 1.29 is 17.9 Å². The molecule has 3 aromatic carbocycles. The van der Waals surface area contributed by atoms with Gasteiger partial charge in [0.15, 0.2) is 0 Å². The largest absolute Gasteiger partial charge is 0.495 e. The van der Waals surface area contributed by atoms with E-state index in [1.807, 2.05) is 12.1 Å². The molecule has 0 fully saturated rings. The molecule has 0 saturated carbocycles. The number of carbonyl (C=O) groups is 1. The third-order valence-corrected chi connectivity index (χ3v) is 8.98. The SMILES string of the molecule is COc1ccc(NCC(=O)NCCSCc2ccc(Cl)c(Cl)c2)c(S(=O)(=O)c2ccccc2)c1Cl. The molecule has 11 heteroatoms. The van der Waals surface area contributed by atoms with Crippen molar-refractivity contribution in [2.75, 3.05) is 31.3 Å². The minimum Gasteiger partial charge on any atom is -0.495 e. The Bertz CT molecular complexity index is 1290. The maximum Gasteiger partial charge on any atom is 0.239 e. The van der Waals surface area contributed by atoms with Crippen molar-refractivity contribution in [2.24, 2.45) is 0 Å². The summed E-state index contributed by atoms with van der Waals surface area (Å²) >= 11 is 20.0. The number of ether oxygens (including phenoxy) is 1. The molecule has 0 aliphatic heterocycles. The summed E-state index contributed by atoms with van der Waals surface area (Å²) < 4.78 is 31.8. The fraction of sp³-hybridized carbons (Fsp3) is 0.208. The second kappa shape index (κ2) is 12.7. The molecule has 6 nitrogen and oxygen atoms in total. The van der Waals surface area contributed by atoms with E-state index in [0.29, 0.717) is 22.3 Å². The summed E-state index contributed by atoms with van der Waals surface area (Å²) in [5, 5.41) is 6.67. The number of rotatable bonds is 11. The van der Waals surface area contributed by atoms with Gasteiger partial charge < -0.3 is 15.4 Å². The van der Waals surface area contributed by atoms with Crippen LogP contribution in [-0.2, 0) is 20.4 Å². The van der Waals surface area contributed by atoms with Gasteiger partial charge in [0.05, 0.1) is 34.3 Å². The van der Waals surface area contributed by atoms with Gasteiger partial charge in [0.25, 0.3) is 0 Å². The fourth-order valence-corrected chi connectivity index (χ4v) is 6.33. The Morgan fingerprint density at radius 2 is 1.74 bits per heavy atom. The lowest BCUT2D eigenvalue weighted by Crippen LogP contribution is -2.31. The summed E-state index contributed by atoms with van der Waals surface area (Å²) in [6, 6.07) is 16.5. The van der Waals surface area contributed by atoms with E-state index < -0.39 is 9.84 Å². The molecule has 35 heavy (non-hydrogen) atoms. The molecule has 3 rings (SSSR count). The number of methoxy groups -OCH3 is 1. The molecule has 0 bridgehead atoms. The Morgan fingerprint density at radius 3 is 2.43 bits per heavy atom. The van der Waals surface area contributed by atoms with E-state index in [9.17, 15) is 13.2 Å². The molecular formula is C24H23Cl3N2O4S2. The number of hydrogen-bond acceptors (Lipinski definition) is 6. The quantitative estimate of drug-likeness (QED) is 0.276. The zero-order chi connectivity index (χ0) is 25.4. The minimum atomic E-state index is -3.96. The number of nitrogens with one attached hydrogen (secondary N) is 2. The molecule has 0 atom stereocenters. The molecule has 1 amide bonds. The van der Waals surface area contributed by atoms with Crippen LogP contribution in [0, 0.1) is 0 Å². The first kappa shape index (κ1) is 27.5. The van der Waals surface area contributed by atoms with Gasteiger partial charge in [-0.3, -0.25) is 4.79 Å². The van der Waals surface area contributed by atoms with Crippen LogP contribution in [0.2, 0.25) is 15.1 Å². The van der Waals surface area contributed by atoms with Crippen molar-refractivity contribution in [3.63, 3.8) is 0 Å². The smallest absolute Gasteiger partial charge is 0.239 e. The summed E-state index contributed by atoms with van der Waals surface area (Å²) in [4.78, 5) is 12.3. The van der Waals surface area contributed by atoms with Crippen molar-refractivity contribution in [2.45, 2.75) is 15.5 Å². The van der Waals surface area contributed by atoms with E-state index in [1.54, 1.807) is 42.1 Å². The number of carbonyl (C=O) groups excluding carboxylic acids is 1. The highest BCUT2D eigenvalue weighted by molar-refractivity contribution is 7.98. The first-order valence-electron chi connectivity index (χ1n) is 10.4. The van der Waals surface area contributed by atoms with Crippen molar-refractivity contribution in [1.29, 1.82) is 0 Å². The molecule has 3 aromatic rings. The van der Waals surface area contributed by atoms with Gasteiger partial charge in [-0.05, 0) is 42.0 Å². The Labute approximate surface area is 224 Å². The average molecular weight is 574 g/mol. The van der Waals surface area contributed by atoms with Crippen LogP contribution in [0.4, 0.5) is 5.69 Å². The number of benzene rings is 3. The van der Waals surface area contributed by atoms with Gasteiger partial charge in [0.1, 0.15) is 15.7 Å². The normalized spacial score (nSPS) is 11.2. The highest BCUT2D eigenvalue weighted by atomic mass is 35.5. The van der Waals surface area contributed by atoms with Crippen LogP contribution in [0.1, 0.15) is 5.56 Å².